The van der Waals surface area contributed by atoms with Gasteiger partial charge >= 0.3 is 0 Å². The molecule has 29 heavy (non-hydrogen) atoms. The third kappa shape index (κ3) is 4.62. The molecule has 0 N–H and O–H groups in total. The standard InChI is InChI=1S/C22H25N3O2S2/c1-26-17-10-11-21(27-2)19(13-17)20-15-29-22(24-16-7-4-3-5-8-16)25(20)23-14-18-9-6-12-28-18/h6,9-16H,3-5,7-8H2,1-2H3. The summed E-state index contributed by atoms with van der Waals surface area (Å²) in [6, 6.07) is 10.3. The highest BCUT2D eigenvalue weighted by Crippen LogP contribution is 2.34. The van der Waals surface area contributed by atoms with E-state index in [1.54, 1.807) is 36.9 Å². The summed E-state index contributed by atoms with van der Waals surface area (Å²) in [5, 5.41) is 8.96. The summed E-state index contributed by atoms with van der Waals surface area (Å²) in [7, 11) is 3.36. The van der Waals surface area contributed by atoms with Crippen molar-refractivity contribution in [1.29, 1.82) is 0 Å². The first-order valence-electron chi connectivity index (χ1n) is 9.83. The van der Waals surface area contributed by atoms with Crippen LogP contribution < -0.4 is 14.3 Å². The molecule has 1 aliphatic carbocycles. The Hall–Kier alpha value is -2.38. The quantitative estimate of drug-likeness (QED) is 0.494. The van der Waals surface area contributed by atoms with Gasteiger partial charge in [0.25, 0.3) is 0 Å². The smallest absolute Gasteiger partial charge is 0.206 e. The second kappa shape index (κ2) is 9.41. The monoisotopic (exact) mass is 427 g/mol. The number of benzene rings is 1. The number of ether oxygens (including phenoxy) is 2. The van der Waals surface area contributed by atoms with E-state index in [2.05, 4.69) is 16.8 Å². The Balaban J connectivity index is 1.83. The van der Waals surface area contributed by atoms with E-state index in [4.69, 9.17) is 19.6 Å². The van der Waals surface area contributed by atoms with Crippen LogP contribution in [0.1, 0.15) is 37.0 Å². The summed E-state index contributed by atoms with van der Waals surface area (Å²) >= 11 is 3.29. The molecule has 1 fully saturated rings. The Labute approximate surface area is 179 Å². The first-order chi connectivity index (χ1) is 14.3. The molecule has 3 aromatic rings. The normalized spacial score (nSPS) is 15.9. The molecule has 2 aromatic heterocycles. The summed E-state index contributed by atoms with van der Waals surface area (Å²) in [6.07, 6.45) is 8.05. The fourth-order valence-corrected chi connectivity index (χ4v) is 5.02. The van der Waals surface area contributed by atoms with Crippen LogP contribution in [-0.2, 0) is 0 Å². The molecule has 0 radical (unpaired) electrons. The summed E-state index contributed by atoms with van der Waals surface area (Å²) in [5.41, 5.74) is 1.89. The fourth-order valence-electron chi connectivity index (χ4n) is 3.55. The van der Waals surface area contributed by atoms with Crippen molar-refractivity contribution in [2.45, 2.75) is 38.1 Å². The Kier molecular flexibility index (Phi) is 6.46. The highest BCUT2D eigenvalue weighted by Gasteiger charge is 2.16. The molecule has 1 aromatic carbocycles. The molecule has 0 unspecified atom stereocenters. The van der Waals surface area contributed by atoms with Gasteiger partial charge in [0.15, 0.2) is 0 Å². The first kappa shape index (κ1) is 19.9. The predicted molar refractivity (Wildman–Crippen MR) is 121 cm³/mol. The average Bonchev–Trinajstić information content (AvgIpc) is 3.42. The maximum atomic E-state index is 5.62. The van der Waals surface area contributed by atoms with Gasteiger partial charge in [0.1, 0.15) is 11.5 Å². The molecule has 1 saturated carbocycles. The molecule has 0 aliphatic heterocycles. The van der Waals surface area contributed by atoms with E-state index in [0.29, 0.717) is 6.04 Å². The zero-order chi connectivity index (χ0) is 20.1. The van der Waals surface area contributed by atoms with E-state index >= 15 is 0 Å². The van der Waals surface area contributed by atoms with Crippen LogP contribution in [0.25, 0.3) is 11.3 Å². The molecule has 0 spiro atoms. The third-order valence-electron chi connectivity index (χ3n) is 5.08. The third-order valence-corrected chi connectivity index (χ3v) is 6.72. The second-order valence-electron chi connectivity index (χ2n) is 6.96. The van der Waals surface area contributed by atoms with Crippen LogP contribution in [0.4, 0.5) is 0 Å². The highest BCUT2D eigenvalue weighted by molar-refractivity contribution is 7.11. The van der Waals surface area contributed by atoms with E-state index in [9.17, 15) is 0 Å². The van der Waals surface area contributed by atoms with E-state index in [-0.39, 0.29) is 0 Å². The number of rotatable bonds is 6. The SMILES string of the molecule is COc1ccc(OC)c(-c2csc(=NC3CCCCC3)n2N=Cc2cccs2)c1. The van der Waals surface area contributed by atoms with Crippen LogP contribution >= 0.6 is 22.7 Å². The maximum Gasteiger partial charge on any atom is 0.206 e. The topological polar surface area (TPSA) is 48.1 Å². The Bertz CT molecular complexity index is 1030. The predicted octanol–water partition coefficient (Wildman–Crippen LogP) is 5.41. The molecule has 0 saturated heterocycles. The van der Waals surface area contributed by atoms with Crippen molar-refractivity contribution in [3.05, 3.63) is 50.8 Å². The summed E-state index contributed by atoms with van der Waals surface area (Å²) in [6.45, 7) is 0. The maximum absolute atomic E-state index is 5.62. The molecule has 5 nitrogen and oxygen atoms in total. The Morgan fingerprint density at radius 3 is 2.66 bits per heavy atom. The van der Waals surface area contributed by atoms with Gasteiger partial charge in [-0.15, -0.1) is 22.7 Å². The van der Waals surface area contributed by atoms with E-state index < -0.39 is 0 Å². The molecule has 152 valence electrons. The van der Waals surface area contributed by atoms with Gasteiger partial charge in [-0.3, -0.25) is 4.99 Å². The molecule has 0 amide bonds. The number of nitrogens with zero attached hydrogens (tertiary/aromatic N) is 3. The average molecular weight is 428 g/mol. The molecule has 4 rings (SSSR count). The molecule has 1 aliphatic rings. The molecular formula is C22H25N3O2S2. The summed E-state index contributed by atoms with van der Waals surface area (Å²) in [4.78, 5) is 7.09. The van der Waals surface area contributed by atoms with Gasteiger partial charge in [0.05, 0.1) is 32.2 Å². The van der Waals surface area contributed by atoms with E-state index in [1.807, 2.05) is 35.2 Å². The fraction of sp³-hybridized carbons (Fsp3) is 0.364. The number of hydrogen-bond donors (Lipinski definition) is 0. The Morgan fingerprint density at radius 1 is 1.07 bits per heavy atom. The van der Waals surface area contributed by atoms with Crippen molar-refractivity contribution in [3.8, 4) is 22.8 Å². The van der Waals surface area contributed by atoms with Gasteiger partial charge in [-0.05, 0) is 42.5 Å². The lowest BCUT2D eigenvalue weighted by atomic mass is 9.96. The van der Waals surface area contributed by atoms with Gasteiger partial charge in [0.2, 0.25) is 4.80 Å². The van der Waals surface area contributed by atoms with Crippen LogP contribution in [0, 0.1) is 0 Å². The molecule has 7 heteroatoms. The van der Waals surface area contributed by atoms with Gasteiger partial charge in [-0.25, -0.2) is 4.68 Å². The number of aromatic nitrogens is 1. The second-order valence-corrected chi connectivity index (χ2v) is 8.78. The van der Waals surface area contributed by atoms with Crippen LogP contribution in [0.15, 0.2) is 51.2 Å². The van der Waals surface area contributed by atoms with Crippen molar-refractivity contribution in [2.24, 2.45) is 10.1 Å². The molecular weight excluding hydrogens is 402 g/mol. The summed E-state index contributed by atoms with van der Waals surface area (Å²) < 4.78 is 13.0. The number of hydrogen-bond acceptors (Lipinski definition) is 6. The number of methoxy groups -OCH3 is 2. The van der Waals surface area contributed by atoms with Crippen LogP contribution in [0.3, 0.4) is 0 Å². The van der Waals surface area contributed by atoms with Crippen molar-refractivity contribution >= 4 is 28.9 Å². The van der Waals surface area contributed by atoms with Gasteiger partial charge in [-0.1, -0.05) is 25.3 Å². The lowest BCUT2D eigenvalue weighted by Gasteiger charge is -2.17. The van der Waals surface area contributed by atoms with Crippen LogP contribution in [-0.4, -0.2) is 31.2 Å². The zero-order valence-electron chi connectivity index (χ0n) is 16.7. The van der Waals surface area contributed by atoms with Crippen molar-refractivity contribution in [3.63, 3.8) is 0 Å². The lowest BCUT2D eigenvalue weighted by molar-refractivity contribution is 0.404. The van der Waals surface area contributed by atoms with Crippen LogP contribution in [0.5, 0.6) is 11.5 Å². The minimum absolute atomic E-state index is 0.380. The molecule has 2 heterocycles. The minimum atomic E-state index is 0.380. The number of thiazole rings is 1. The van der Waals surface area contributed by atoms with Crippen molar-refractivity contribution < 1.29 is 9.47 Å². The Morgan fingerprint density at radius 2 is 1.93 bits per heavy atom. The van der Waals surface area contributed by atoms with Gasteiger partial charge < -0.3 is 9.47 Å². The number of thiophene rings is 1. The molecule has 0 atom stereocenters. The van der Waals surface area contributed by atoms with Crippen molar-refractivity contribution in [2.75, 3.05) is 14.2 Å². The summed E-state index contributed by atoms with van der Waals surface area (Å²) in [5.74, 6) is 1.57. The zero-order valence-corrected chi connectivity index (χ0v) is 18.3. The first-order valence-corrected chi connectivity index (χ1v) is 11.6. The van der Waals surface area contributed by atoms with Gasteiger partial charge in [-0.2, -0.15) is 5.10 Å². The van der Waals surface area contributed by atoms with E-state index in [0.717, 1.165) is 45.3 Å². The highest BCUT2D eigenvalue weighted by atomic mass is 32.1. The molecule has 0 bridgehead atoms. The van der Waals surface area contributed by atoms with Gasteiger partial charge in [0, 0.05) is 15.8 Å². The van der Waals surface area contributed by atoms with Crippen molar-refractivity contribution in [1.82, 2.24) is 4.68 Å². The lowest BCUT2D eigenvalue weighted by Crippen LogP contribution is -2.19. The minimum Gasteiger partial charge on any atom is -0.497 e. The van der Waals surface area contributed by atoms with E-state index in [1.165, 1.54) is 19.3 Å². The van der Waals surface area contributed by atoms with Crippen LogP contribution in [0.2, 0.25) is 0 Å². The largest absolute Gasteiger partial charge is 0.497 e.